The van der Waals surface area contributed by atoms with Crippen molar-refractivity contribution in [1.29, 1.82) is 0 Å². The van der Waals surface area contributed by atoms with Crippen molar-refractivity contribution in [1.82, 2.24) is 4.90 Å². The molecule has 1 aliphatic rings. The van der Waals surface area contributed by atoms with Gasteiger partial charge >= 0.3 is 0 Å². The number of fused-ring (bicyclic) bond motifs is 1. The van der Waals surface area contributed by atoms with Crippen LogP contribution < -0.4 is 5.73 Å². The van der Waals surface area contributed by atoms with Gasteiger partial charge in [-0.15, -0.1) is 0 Å². The van der Waals surface area contributed by atoms with Crippen LogP contribution in [0.5, 0.6) is 0 Å². The van der Waals surface area contributed by atoms with Gasteiger partial charge in [-0.05, 0) is 23.5 Å². The third-order valence-electron chi connectivity index (χ3n) is 4.16. The highest BCUT2D eigenvalue weighted by atomic mass is 16.2. The highest BCUT2D eigenvalue weighted by Gasteiger charge is 2.40. The molecule has 2 rings (SSSR count). The minimum Gasteiger partial charge on any atom is -0.398 e. The molecule has 0 radical (unpaired) electrons. The normalized spacial score (nSPS) is 15.3. The van der Waals surface area contributed by atoms with E-state index in [0.29, 0.717) is 29.3 Å². The van der Waals surface area contributed by atoms with Gasteiger partial charge in [-0.1, -0.05) is 33.8 Å². The number of benzene rings is 1. The molecular weight excluding hydrogens is 240 g/mol. The third-order valence-corrected chi connectivity index (χ3v) is 4.16. The van der Waals surface area contributed by atoms with E-state index in [1.807, 2.05) is 0 Å². The minimum atomic E-state index is -0.271. The van der Waals surface area contributed by atoms with Crippen molar-refractivity contribution >= 4 is 17.5 Å². The summed E-state index contributed by atoms with van der Waals surface area (Å²) >= 11 is 0. The molecule has 0 aromatic heterocycles. The number of carbonyl (C=O) groups excluding carboxylic acids is 2. The van der Waals surface area contributed by atoms with Gasteiger partial charge in [-0.2, -0.15) is 0 Å². The maximum atomic E-state index is 12.4. The molecule has 102 valence electrons. The van der Waals surface area contributed by atoms with E-state index in [1.165, 1.54) is 4.90 Å². The van der Waals surface area contributed by atoms with Crippen LogP contribution in [0.4, 0.5) is 5.69 Å². The topological polar surface area (TPSA) is 63.4 Å². The number of nitrogens with zero attached hydrogens (tertiary/aromatic N) is 1. The molecule has 1 aliphatic heterocycles. The fraction of sp³-hybridized carbons (Fsp3) is 0.467. The fourth-order valence-electron chi connectivity index (χ4n) is 2.09. The number of imide groups is 1. The van der Waals surface area contributed by atoms with Crippen molar-refractivity contribution in [3.63, 3.8) is 0 Å². The largest absolute Gasteiger partial charge is 0.398 e. The van der Waals surface area contributed by atoms with Crippen LogP contribution in [0.1, 0.15) is 48.4 Å². The Morgan fingerprint density at radius 1 is 1.21 bits per heavy atom. The smallest absolute Gasteiger partial charge is 0.263 e. The lowest BCUT2D eigenvalue weighted by atomic mass is 9.81. The summed E-state index contributed by atoms with van der Waals surface area (Å²) in [6.45, 7) is 8.71. The summed E-state index contributed by atoms with van der Waals surface area (Å²) in [6, 6.07) is 5.02. The Morgan fingerprint density at radius 2 is 1.84 bits per heavy atom. The first-order chi connectivity index (χ1) is 8.75. The van der Waals surface area contributed by atoms with Crippen LogP contribution >= 0.6 is 0 Å². The van der Waals surface area contributed by atoms with Gasteiger partial charge in [0.1, 0.15) is 0 Å². The van der Waals surface area contributed by atoms with Crippen LogP contribution in [-0.2, 0) is 0 Å². The molecule has 4 heteroatoms. The van der Waals surface area contributed by atoms with E-state index in [2.05, 4.69) is 27.7 Å². The molecule has 0 bridgehead atoms. The molecule has 4 nitrogen and oxygen atoms in total. The first kappa shape index (κ1) is 13.6. The number of nitrogen functional groups attached to an aromatic ring is 1. The van der Waals surface area contributed by atoms with Crippen LogP contribution in [0.2, 0.25) is 0 Å². The number of rotatable bonds is 3. The monoisotopic (exact) mass is 260 g/mol. The van der Waals surface area contributed by atoms with Crippen LogP contribution in [0.3, 0.4) is 0 Å². The third kappa shape index (κ3) is 2.11. The Kier molecular flexibility index (Phi) is 3.12. The highest BCUT2D eigenvalue weighted by Crippen LogP contribution is 2.33. The predicted octanol–water partition coefficient (Wildman–Crippen LogP) is 2.55. The van der Waals surface area contributed by atoms with Crippen molar-refractivity contribution < 1.29 is 9.59 Å². The molecule has 1 heterocycles. The lowest BCUT2D eigenvalue weighted by Crippen LogP contribution is -2.40. The second kappa shape index (κ2) is 4.37. The van der Waals surface area contributed by atoms with E-state index in [1.54, 1.807) is 18.2 Å². The van der Waals surface area contributed by atoms with Crippen molar-refractivity contribution in [3.05, 3.63) is 29.3 Å². The summed E-state index contributed by atoms with van der Waals surface area (Å²) in [4.78, 5) is 26.0. The van der Waals surface area contributed by atoms with Crippen LogP contribution in [0.15, 0.2) is 18.2 Å². The van der Waals surface area contributed by atoms with Crippen molar-refractivity contribution in [2.24, 2.45) is 11.3 Å². The number of hydrogen-bond donors (Lipinski definition) is 1. The van der Waals surface area contributed by atoms with E-state index in [4.69, 9.17) is 5.73 Å². The van der Waals surface area contributed by atoms with Gasteiger partial charge in [0.25, 0.3) is 11.8 Å². The van der Waals surface area contributed by atoms with Crippen LogP contribution in [-0.4, -0.2) is 23.3 Å². The summed E-state index contributed by atoms with van der Waals surface area (Å²) in [6.07, 6.45) is 0. The molecule has 1 aromatic rings. The Hall–Kier alpha value is -1.84. The summed E-state index contributed by atoms with van der Waals surface area (Å²) in [5, 5.41) is 0. The maximum Gasteiger partial charge on any atom is 0.263 e. The summed E-state index contributed by atoms with van der Waals surface area (Å²) in [5.74, 6) is -0.137. The molecule has 2 amide bonds. The average Bonchev–Trinajstić information content (AvgIpc) is 2.55. The van der Waals surface area contributed by atoms with E-state index < -0.39 is 0 Å². The second-order valence-corrected chi connectivity index (χ2v) is 6.11. The zero-order chi connectivity index (χ0) is 14.4. The van der Waals surface area contributed by atoms with E-state index in [9.17, 15) is 9.59 Å². The Balaban J connectivity index is 2.36. The van der Waals surface area contributed by atoms with Gasteiger partial charge in [-0.25, -0.2) is 0 Å². The molecule has 19 heavy (non-hydrogen) atoms. The summed E-state index contributed by atoms with van der Waals surface area (Å²) < 4.78 is 0. The van der Waals surface area contributed by atoms with Crippen LogP contribution in [0.25, 0.3) is 0 Å². The first-order valence-electron chi connectivity index (χ1n) is 6.50. The van der Waals surface area contributed by atoms with Crippen LogP contribution in [0, 0.1) is 11.3 Å². The van der Waals surface area contributed by atoms with Gasteiger partial charge in [-0.3, -0.25) is 14.5 Å². The average molecular weight is 260 g/mol. The molecule has 0 spiro atoms. The summed E-state index contributed by atoms with van der Waals surface area (Å²) in [7, 11) is 0. The van der Waals surface area contributed by atoms with Gasteiger partial charge < -0.3 is 5.73 Å². The van der Waals surface area contributed by atoms with E-state index in [-0.39, 0.29) is 17.2 Å². The first-order valence-corrected chi connectivity index (χ1v) is 6.50. The molecule has 0 unspecified atom stereocenters. The maximum absolute atomic E-state index is 12.4. The number of carbonyl (C=O) groups is 2. The van der Waals surface area contributed by atoms with Gasteiger partial charge in [0.05, 0.1) is 11.1 Å². The van der Waals surface area contributed by atoms with Gasteiger partial charge in [0.15, 0.2) is 0 Å². The number of amides is 2. The Labute approximate surface area is 113 Å². The quantitative estimate of drug-likeness (QED) is 0.671. The minimum absolute atomic E-state index is 0.123. The second-order valence-electron chi connectivity index (χ2n) is 6.11. The molecule has 0 saturated heterocycles. The van der Waals surface area contributed by atoms with Crippen molar-refractivity contribution in [2.45, 2.75) is 27.7 Å². The highest BCUT2D eigenvalue weighted by molar-refractivity contribution is 6.23. The predicted molar refractivity (Wildman–Crippen MR) is 74.8 cm³/mol. The Morgan fingerprint density at radius 3 is 2.37 bits per heavy atom. The zero-order valence-electron chi connectivity index (χ0n) is 11.9. The van der Waals surface area contributed by atoms with Gasteiger partial charge in [0, 0.05) is 12.2 Å². The van der Waals surface area contributed by atoms with E-state index in [0.717, 1.165) is 0 Å². The number of nitrogens with two attached hydrogens (primary N) is 1. The standard InChI is InChI=1S/C15H20N2O2/c1-9(2)15(3,4)8-17-13(18)10-6-5-7-11(16)12(10)14(17)19/h5-7,9H,8,16H2,1-4H3. The number of hydrogen-bond acceptors (Lipinski definition) is 3. The Bertz CT molecular complexity index is 547. The molecule has 0 saturated carbocycles. The number of anilines is 1. The molecule has 1 aromatic carbocycles. The zero-order valence-corrected chi connectivity index (χ0v) is 11.9. The lowest BCUT2D eigenvalue weighted by molar-refractivity contribution is 0.0554. The summed E-state index contributed by atoms with van der Waals surface area (Å²) in [5.41, 5.74) is 6.84. The molecule has 2 N–H and O–H groups in total. The molecule has 0 fully saturated rings. The molecule has 0 aliphatic carbocycles. The van der Waals surface area contributed by atoms with Crippen molar-refractivity contribution in [2.75, 3.05) is 12.3 Å². The lowest BCUT2D eigenvalue weighted by Gasteiger charge is -2.32. The SMILES string of the molecule is CC(C)C(C)(C)CN1C(=O)c2cccc(N)c2C1=O. The van der Waals surface area contributed by atoms with Crippen molar-refractivity contribution in [3.8, 4) is 0 Å². The van der Waals surface area contributed by atoms with E-state index >= 15 is 0 Å². The molecule has 0 atom stereocenters. The fourth-order valence-corrected chi connectivity index (χ4v) is 2.09. The van der Waals surface area contributed by atoms with Gasteiger partial charge in [0.2, 0.25) is 0 Å². The molecular formula is C15H20N2O2.